The van der Waals surface area contributed by atoms with Crippen LogP contribution in [-0.2, 0) is 11.3 Å². The van der Waals surface area contributed by atoms with E-state index in [2.05, 4.69) is 36.5 Å². The zero-order valence-corrected chi connectivity index (χ0v) is 10.5. The maximum absolute atomic E-state index is 11.9. The Morgan fingerprint density at radius 3 is 2.47 bits per heavy atom. The molecule has 17 heavy (non-hydrogen) atoms. The molecule has 1 aromatic rings. The lowest BCUT2D eigenvalue weighted by atomic mass is 9.88. The van der Waals surface area contributed by atoms with Crippen LogP contribution in [0.15, 0.2) is 24.3 Å². The molecule has 0 saturated heterocycles. The van der Waals surface area contributed by atoms with Gasteiger partial charge in [0, 0.05) is 12.5 Å². The van der Waals surface area contributed by atoms with Crippen molar-refractivity contribution in [1.82, 2.24) is 5.32 Å². The number of amides is 1. The molecular formula is C15H21NO. The van der Waals surface area contributed by atoms with E-state index in [1.54, 1.807) is 0 Å². The Kier molecular flexibility index (Phi) is 4.18. The number of hydrogen-bond acceptors (Lipinski definition) is 1. The predicted octanol–water partition coefficient (Wildman–Crippen LogP) is 3.19. The Hall–Kier alpha value is -1.31. The monoisotopic (exact) mass is 231 g/mol. The normalized spacial score (nSPS) is 16.8. The van der Waals surface area contributed by atoms with E-state index in [1.807, 2.05) is 0 Å². The lowest BCUT2D eigenvalue weighted by Gasteiger charge is -2.20. The van der Waals surface area contributed by atoms with Gasteiger partial charge in [-0.1, -0.05) is 49.1 Å². The van der Waals surface area contributed by atoms with Gasteiger partial charge in [0.1, 0.15) is 0 Å². The molecule has 0 aliphatic heterocycles. The van der Waals surface area contributed by atoms with Gasteiger partial charge in [0.2, 0.25) is 5.91 Å². The number of benzene rings is 1. The zero-order valence-electron chi connectivity index (χ0n) is 10.5. The van der Waals surface area contributed by atoms with Crippen LogP contribution in [0.3, 0.4) is 0 Å². The fourth-order valence-electron chi connectivity index (χ4n) is 2.40. The molecule has 1 N–H and O–H groups in total. The molecular weight excluding hydrogens is 210 g/mol. The van der Waals surface area contributed by atoms with Crippen molar-refractivity contribution in [2.75, 3.05) is 0 Å². The maximum Gasteiger partial charge on any atom is 0.223 e. The van der Waals surface area contributed by atoms with Crippen LogP contribution in [-0.4, -0.2) is 5.91 Å². The first kappa shape index (κ1) is 12.2. The van der Waals surface area contributed by atoms with Crippen molar-refractivity contribution in [3.05, 3.63) is 35.4 Å². The van der Waals surface area contributed by atoms with Crippen molar-refractivity contribution < 1.29 is 4.79 Å². The first-order chi connectivity index (χ1) is 8.25. The highest BCUT2D eigenvalue weighted by atomic mass is 16.1. The lowest BCUT2D eigenvalue weighted by molar-refractivity contribution is -0.126. The highest BCUT2D eigenvalue weighted by Crippen LogP contribution is 2.23. The second-order valence-corrected chi connectivity index (χ2v) is 5.04. The van der Waals surface area contributed by atoms with Gasteiger partial charge in [0.05, 0.1) is 0 Å². The molecule has 0 spiro atoms. The van der Waals surface area contributed by atoms with E-state index in [9.17, 15) is 4.79 Å². The van der Waals surface area contributed by atoms with E-state index in [0.717, 1.165) is 12.8 Å². The minimum absolute atomic E-state index is 0.241. The largest absolute Gasteiger partial charge is 0.352 e. The zero-order chi connectivity index (χ0) is 12.1. The average Bonchev–Trinajstić information content (AvgIpc) is 2.39. The molecule has 1 aliphatic rings. The number of rotatable bonds is 3. The predicted molar refractivity (Wildman–Crippen MR) is 69.6 cm³/mol. The topological polar surface area (TPSA) is 29.1 Å². The smallest absolute Gasteiger partial charge is 0.223 e. The summed E-state index contributed by atoms with van der Waals surface area (Å²) in [6, 6.07) is 8.33. The summed E-state index contributed by atoms with van der Waals surface area (Å²) in [7, 11) is 0. The summed E-state index contributed by atoms with van der Waals surface area (Å²) in [6.07, 6.45) is 5.85. The van der Waals surface area contributed by atoms with Gasteiger partial charge in [-0.25, -0.2) is 0 Å². The Labute approximate surface area is 103 Å². The molecule has 0 heterocycles. The number of hydrogen-bond donors (Lipinski definition) is 1. The standard InChI is InChI=1S/C15H21NO/c1-12-7-9-13(10-8-12)11-16-15(17)14-5-3-2-4-6-14/h7-10,14H,2-6,11H2,1H3,(H,16,17). The van der Waals surface area contributed by atoms with Crippen molar-refractivity contribution in [2.45, 2.75) is 45.6 Å². The van der Waals surface area contributed by atoms with Gasteiger partial charge >= 0.3 is 0 Å². The van der Waals surface area contributed by atoms with Gasteiger partial charge in [-0.15, -0.1) is 0 Å². The fourth-order valence-corrected chi connectivity index (χ4v) is 2.40. The van der Waals surface area contributed by atoms with Gasteiger partial charge in [-0.2, -0.15) is 0 Å². The highest BCUT2D eigenvalue weighted by Gasteiger charge is 2.20. The lowest BCUT2D eigenvalue weighted by Crippen LogP contribution is -2.31. The van der Waals surface area contributed by atoms with E-state index < -0.39 is 0 Å². The molecule has 0 radical (unpaired) electrons. The van der Waals surface area contributed by atoms with Crippen molar-refractivity contribution in [3.63, 3.8) is 0 Å². The van der Waals surface area contributed by atoms with Gasteiger partial charge in [-0.05, 0) is 25.3 Å². The van der Waals surface area contributed by atoms with Gasteiger partial charge in [0.15, 0.2) is 0 Å². The van der Waals surface area contributed by atoms with Gasteiger partial charge in [0.25, 0.3) is 0 Å². The van der Waals surface area contributed by atoms with Crippen molar-refractivity contribution in [2.24, 2.45) is 5.92 Å². The molecule has 2 nitrogen and oxygen atoms in total. The molecule has 0 unspecified atom stereocenters. The van der Waals surface area contributed by atoms with Crippen LogP contribution < -0.4 is 5.32 Å². The van der Waals surface area contributed by atoms with Crippen LogP contribution in [0.1, 0.15) is 43.2 Å². The van der Waals surface area contributed by atoms with Crippen molar-refractivity contribution in [3.8, 4) is 0 Å². The Bertz CT molecular complexity index is 363. The van der Waals surface area contributed by atoms with Crippen LogP contribution in [0.4, 0.5) is 0 Å². The summed E-state index contributed by atoms with van der Waals surface area (Å²) in [5, 5.41) is 3.05. The minimum Gasteiger partial charge on any atom is -0.352 e. The summed E-state index contributed by atoms with van der Waals surface area (Å²) < 4.78 is 0. The average molecular weight is 231 g/mol. The number of carbonyl (C=O) groups is 1. The van der Waals surface area contributed by atoms with E-state index in [1.165, 1.54) is 30.4 Å². The van der Waals surface area contributed by atoms with Gasteiger partial charge < -0.3 is 5.32 Å². The van der Waals surface area contributed by atoms with Crippen molar-refractivity contribution >= 4 is 5.91 Å². The second-order valence-electron chi connectivity index (χ2n) is 5.04. The van der Waals surface area contributed by atoms with E-state index in [0.29, 0.717) is 6.54 Å². The third-order valence-corrected chi connectivity index (χ3v) is 3.56. The summed E-state index contributed by atoms with van der Waals surface area (Å²) in [5.41, 5.74) is 2.44. The van der Waals surface area contributed by atoms with E-state index in [4.69, 9.17) is 0 Å². The second kappa shape index (κ2) is 5.85. The molecule has 1 aromatic carbocycles. The third-order valence-electron chi connectivity index (χ3n) is 3.56. The van der Waals surface area contributed by atoms with Crippen LogP contribution >= 0.6 is 0 Å². The van der Waals surface area contributed by atoms with Crippen LogP contribution in [0.2, 0.25) is 0 Å². The number of aryl methyl sites for hydroxylation is 1. The Balaban J connectivity index is 1.81. The van der Waals surface area contributed by atoms with Crippen LogP contribution in [0.25, 0.3) is 0 Å². The number of nitrogens with one attached hydrogen (secondary N) is 1. The third kappa shape index (κ3) is 3.58. The van der Waals surface area contributed by atoms with E-state index in [-0.39, 0.29) is 11.8 Å². The SMILES string of the molecule is Cc1ccc(CNC(=O)C2CCCCC2)cc1. The molecule has 1 saturated carbocycles. The molecule has 1 fully saturated rings. The molecule has 1 amide bonds. The molecule has 0 atom stereocenters. The molecule has 2 heteroatoms. The van der Waals surface area contributed by atoms with Crippen LogP contribution in [0, 0.1) is 12.8 Å². The maximum atomic E-state index is 11.9. The summed E-state index contributed by atoms with van der Waals surface area (Å²) in [6.45, 7) is 2.74. The summed E-state index contributed by atoms with van der Waals surface area (Å²) >= 11 is 0. The fraction of sp³-hybridized carbons (Fsp3) is 0.533. The quantitative estimate of drug-likeness (QED) is 0.850. The molecule has 92 valence electrons. The Morgan fingerprint density at radius 2 is 1.82 bits per heavy atom. The van der Waals surface area contributed by atoms with Crippen molar-refractivity contribution in [1.29, 1.82) is 0 Å². The molecule has 0 aromatic heterocycles. The summed E-state index contributed by atoms with van der Waals surface area (Å²) in [5.74, 6) is 0.500. The minimum atomic E-state index is 0.241. The first-order valence-corrected chi connectivity index (χ1v) is 6.59. The van der Waals surface area contributed by atoms with E-state index >= 15 is 0 Å². The van der Waals surface area contributed by atoms with Gasteiger partial charge in [-0.3, -0.25) is 4.79 Å². The summed E-state index contributed by atoms with van der Waals surface area (Å²) in [4.78, 5) is 11.9. The Morgan fingerprint density at radius 1 is 1.18 bits per heavy atom. The highest BCUT2D eigenvalue weighted by molar-refractivity contribution is 5.78. The molecule has 1 aliphatic carbocycles. The number of carbonyl (C=O) groups excluding carboxylic acids is 1. The molecule has 0 bridgehead atoms. The van der Waals surface area contributed by atoms with Crippen LogP contribution in [0.5, 0.6) is 0 Å². The first-order valence-electron chi connectivity index (χ1n) is 6.59. The molecule has 2 rings (SSSR count).